The summed E-state index contributed by atoms with van der Waals surface area (Å²) in [5, 5.41) is 8.51. The smallest absolute Gasteiger partial charge is 0.338 e. The molecule has 0 bridgehead atoms. The van der Waals surface area contributed by atoms with E-state index >= 15 is 0 Å². The van der Waals surface area contributed by atoms with Crippen LogP contribution in [0.2, 0.25) is 5.02 Å². The number of amides is 1. The molecule has 0 radical (unpaired) electrons. The van der Waals surface area contributed by atoms with Gasteiger partial charge in [0, 0.05) is 26.7 Å². The van der Waals surface area contributed by atoms with Crippen LogP contribution in [0, 0.1) is 11.3 Å². The Bertz CT molecular complexity index is 831. The first-order valence-electron chi connectivity index (χ1n) is 8.26. The zero-order chi connectivity index (χ0) is 20.6. The SMILES string of the molecule is CCN(CC)S(=O)(=O)c1cc(C(=O)OCC(=O)N(C)CCC#N)ccc1Cl. The van der Waals surface area contributed by atoms with Gasteiger partial charge in [0.1, 0.15) is 4.90 Å². The monoisotopic (exact) mass is 415 g/mol. The number of nitrogens with zero attached hydrogens (tertiary/aromatic N) is 3. The lowest BCUT2D eigenvalue weighted by Crippen LogP contribution is -2.32. The lowest BCUT2D eigenvalue weighted by atomic mass is 10.2. The zero-order valence-corrected chi connectivity index (χ0v) is 17.0. The molecule has 0 aromatic heterocycles. The second-order valence-electron chi connectivity index (χ2n) is 5.53. The molecule has 8 nitrogen and oxygen atoms in total. The standard InChI is InChI=1S/C17H22ClN3O5S/c1-4-21(5-2)27(24,25)15-11-13(7-8-14(15)18)17(23)26-12-16(22)20(3)10-6-9-19/h7-8,11H,4-6,10,12H2,1-3H3. The molecular weight excluding hydrogens is 394 g/mol. The van der Waals surface area contributed by atoms with Crippen LogP contribution in [0.3, 0.4) is 0 Å². The summed E-state index contributed by atoms with van der Waals surface area (Å²) in [6.45, 7) is 3.62. The molecule has 0 unspecified atom stereocenters. The molecular formula is C17H22ClN3O5S. The summed E-state index contributed by atoms with van der Waals surface area (Å²) in [6.07, 6.45) is 0.167. The van der Waals surface area contributed by atoms with Crippen LogP contribution in [0.5, 0.6) is 0 Å². The third kappa shape index (κ3) is 5.92. The summed E-state index contributed by atoms with van der Waals surface area (Å²) in [5.41, 5.74) is -0.0300. The van der Waals surface area contributed by atoms with Crippen LogP contribution in [-0.4, -0.2) is 62.8 Å². The Labute approximate surface area is 164 Å². The van der Waals surface area contributed by atoms with E-state index in [0.29, 0.717) is 0 Å². The summed E-state index contributed by atoms with van der Waals surface area (Å²) < 4.78 is 31.5. The predicted molar refractivity (Wildman–Crippen MR) is 99.7 cm³/mol. The van der Waals surface area contributed by atoms with Crippen LogP contribution < -0.4 is 0 Å². The highest BCUT2D eigenvalue weighted by Gasteiger charge is 2.26. The molecule has 1 amide bonds. The lowest BCUT2D eigenvalue weighted by molar-refractivity contribution is -0.133. The molecule has 0 spiro atoms. The molecule has 0 fully saturated rings. The largest absolute Gasteiger partial charge is 0.452 e. The van der Waals surface area contributed by atoms with Crippen molar-refractivity contribution in [3.05, 3.63) is 28.8 Å². The minimum atomic E-state index is -3.86. The molecule has 148 valence electrons. The van der Waals surface area contributed by atoms with E-state index < -0.39 is 28.5 Å². The van der Waals surface area contributed by atoms with Crippen LogP contribution in [0.4, 0.5) is 0 Å². The molecule has 1 rings (SSSR count). The fraction of sp³-hybridized carbons (Fsp3) is 0.471. The first-order valence-corrected chi connectivity index (χ1v) is 10.1. The average molecular weight is 416 g/mol. The molecule has 0 atom stereocenters. The van der Waals surface area contributed by atoms with Crippen molar-refractivity contribution < 1.29 is 22.7 Å². The predicted octanol–water partition coefficient (Wildman–Crippen LogP) is 1.90. The Morgan fingerprint density at radius 3 is 2.44 bits per heavy atom. The minimum absolute atomic E-state index is 0.00855. The highest BCUT2D eigenvalue weighted by molar-refractivity contribution is 7.89. The lowest BCUT2D eigenvalue weighted by Gasteiger charge is -2.19. The Morgan fingerprint density at radius 2 is 1.89 bits per heavy atom. The van der Waals surface area contributed by atoms with Crippen LogP contribution in [-0.2, 0) is 19.6 Å². The number of carbonyl (C=O) groups excluding carboxylic acids is 2. The highest BCUT2D eigenvalue weighted by atomic mass is 35.5. The first kappa shape index (κ1) is 22.9. The molecule has 0 heterocycles. The number of carbonyl (C=O) groups is 2. The van der Waals surface area contributed by atoms with Gasteiger partial charge in [0.05, 0.1) is 23.1 Å². The van der Waals surface area contributed by atoms with Gasteiger partial charge in [-0.2, -0.15) is 9.57 Å². The third-order valence-corrected chi connectivity index (χ3v) is 6.33. The highest BCUT2D eigenvalue weighted by Crippen LogP contribution is 2.26. The summed E-state index contributed by atoms with van der Waals surface area (Å²) in [5.74, 6) is -1.31. The summed E-state index contributed by atoms with van der Waals surface area (Å²) >= 11 is 6.02. The van der Waals surface area contributed by atoms with Gasteiger partial charge < -0.3 is 9.64 Å². The molecule has 27 heavy (non-hydrogen) atoms. The summed E-state index contributed by atoms with van der Waals surface area (Å²) in [4.78, 5) is 25.1. The molecule has 1 aromatic rings. The van der Waals surface area contributed by atoms with Crippen molar-refractivity contribution in [1.82, 2.24) is 9.21 Å². The topological polar surface area (TPSA) is 108 Å². The van der Waals surface area contributed by atoms with Gasteiger partial charge in [-0.15, -0.1) is 0 Å². The Morgan fingerprint density at radius 1 is 1.26 bits per heavy atom. The van der Waals surface area contributed by atoms with Crippen molar-refractivity contribution in [2.75, 3.05) is 33.3 Å². The normalized spacial score (nSPS) is 11.1. The van der Waals surface area contributed by atoms with E-state index in [9.17, 15) is 18.0 Å². The molecule has 1 aromatic carbocycles. The number of sulfonamides is 1. The first-order chi connectivity index (χ1) is 12.7. The van der Waals surface area contributed by atoms with E-state index in [2.05, 4.69) is 0 Å². The molecule has 0 aliphatic heterocycles. The van der Waals surface area contributed by atoms with Crippen LogP contribution in [0.15, 0.2) is 23.1 Å². The van der Waals surface area contributed by atoms with E-state index in [1.165, 1.54) is 28.4 Å². The quantitative estimate of drug-likeness (QED) is 0.570. The van der Waals surface area contributed by atoms with Gasteiger partial charge in [0.25, 0.3) is 5.91 Å². The van der Waals surface area contributed by atoms with Gasteiger partial charge in [0.2, 0.25) is 10.0 Å². The number of halogens is 1. The molecule has 10 heteroatoms. The van der Waals surface area contributed by atoms with E-state index in [-0.39, 0.29) is 41.5 Å². The van der Waals surface area contributed by atoms with Gasteiger partial charge in [-0.1, -0.05) is 25.4 Å². The van der Waals surface area contributed by atoms with Crippen molar-refractivity contribution in [1.29, 1.82) is 5.26 Å². The van der Waals surface area contributed by atoms with E-state index in [1.54, 1.807) is 13.8 Å². The number of esters is 1. The zero-order valence-electron chi connectivity index (χ0n) is 15.4. The molecule has 0 aliphatic rings. The van der Waals surface area contributed by atoms with E-state index in [0.717, 1.165) is 6.07 Å². The molecule has 0 N–H and O–H groups in total. The fourth-order valence-corrected chi connectivity index (χ4v) is 4.15. The number of benzene rings is 1. The number of hydrogen-bond acceptors (Lipinski definition) is 6. The van der Waals surface area contributed by atoms with Gasteiger partial charge >= 0.3 is 5.97 Å². The van der Waals surface area contributed by atoms with Crippen LogP contribution in [0.25, 0.3) is 0 Å². The van der Waals surface area contributed by atoms with Gasteiger partial charge in [-0.3, -0.25) is 4.79 Å². The maximum atomic E-state index is 12.6. The maximum Gasteiger partial charge on any atom is 0.338 e. The second kappa shape index (κ2) is 10.3. The van der Waals surface area contributed by atoms with Crippen molar-refractivity contribution >= 4 is 33.5 Å². The number of ether oxygens (including phenoxy) is 1. The molecule has 0 saturated heterocycles. The van der Waals surface area contributed by atoms with E-state index in [4.69, 9.17) is 21.6 Å². The van der Waals surface area contributed by atoms with Gasteiger partial charge in [0.15, 0.2) is 6.61 Å². The number of nitriles is 1. The second-order valence-corrected chi connectivity index (χ2v) is 7.85. The number of hydrogen-bond donors (Lipinski definition) is 0. The average Bonchev–Trinajstić information content (AvgIpc) is 2.64. The maximum absolute atomic E-state index is 12.6. The molecule has 0 saturated carbocycles. The Balaban J connectivity index is 2.95. The van der Waals surface area contributed by atoms with Crippen molar-refractivity contribution in [2.24, 2.45) is 0 Å². The Hall–Kier alpha value is -2.15. The van der Waals surface area contributed by atoms with E-state index in [1.807, 2.05) is 6.07 Å². The Kier molecular flexibility index (Phi) is 8.69. The van der Waals surface area contributed by atoms with Crippen molar-refractivity contribution in [3.63, 3.8) is 0 Å². The van der Waals surface area contributed by atoms with Crippen molar-refractivity contribution in [2.45, 2.75) is 25.2 Å². The number of rotatable bonds is 9. The molecule has 0 aliphatic carbocycles. The summed E-state index contributed by atoms with van der Waals surface area (Å²) in [7, 11) is -2.36. The number of likely N-dealkylation sites (N-methyl/N-ethyl adjacent to an activating group) is 1. The fourth-order valence-electron chi connectivity index (χ4n) is 2.19. The van der Waals surface area contributed by atoms with Crippen LogP contribution >= 0.6 is 11.6 Å². The summed E-state index contributed by atoms with van der Waals surface area (Å²) in [6, 6.07) is 5.68. The van der Waals surface area contributed by atoms with Crippen molar-refractivity contribution in [3.8, 4) is 6.07 Å². The van der Waals surface area contributed by atoms with Crippen LogP contribution in [0.1, 0.15) is 30.6 Å². The minimum Gasteiger partial charge on any atom is -0.452 e. The third-order valence-electron chi connectivity index (χ3n) is 3.80. The van der Waals surface area contributed by atoms with Gasteiger partial charge in [-0.25, -0.2) is 13.2 Å². The van der Waals surface area contributed by atoms with Gasteiger partial charge in [-0.05, 0) is 18.2 Å².